The van der Waals surface area contributed by atoms with Crippen LogP contribution in [0, 0.1) is 11.5 Å². The maximum atomic E-state index is 10.8. The molecule has 0 saturated carbocycles. The van der Waals surface area contributed by atoms with Gasteiger partial charge in [-0.25, -0.2) is 9.71 Å². The topological polar surface area (TPSA) is 42.7 Å². The lowest BCUT2D eigenvalue weighted by molar-refractivity contribution is -0.581. The van der Waals surface area contributed by atoms with Crippen molar-refractivity contribution in [3.63, 3.8) is 0 Å². The molecule has 0 amide bonds. The van der Waals surface area contributed by atoms with Gasteiger partial charge in [-0.05, 0) is 12.1 Å². The van der Waals surface area contributed by atoms with Gasteiger partial charge >= 0.3 is 6.33 Å². The molecule has 1 aromatic heterocycles. The number of hydrogen-bond acceptors (Lipinski definition) is 1. The van der Waals surface area contributed by atoms with E-state index in [-0.39, 0.29) is 0 Å². The highest BCUT2D eigenvalue weighted by molar-refractivity contribution is 5.70. The normalized spacial score (nSPS) is 10.4. The van der Waals surface area contributed by atoms with Crippen LogP contribution < -0.4 is 4.73 Å². The van der Waals surface area contributed by atoms with Crippen LogP contribution >= 0.6 is 0 Å². The summed E-state index contributed by atoms with van der Waals surface area (Å²) in [6.07, 6.45) is 2.41. The minimum Gasteiger partial charge on any atom is -0.710 e. The van der Waals surface area contributed by atoms with Gasteiger partial charge in [-0.2, -0.15) is 0 Å². The highest BCUT2D eigenvalue weighted by atomic mass is 16.5. The number of hydrogen-bond donors (Lipinski definition) is 1. The molecule has 1 heterocycles. The number of fused-ring (bicyclic) bond motifs is 1. The van der Waals surface area contributed by atoms with Gasteiger partial charge in [0.15, 0.2) is 11.0 Å². The van der Waals surface area contributed by atoms with E-state index < -0.39 is 0 Å². The minimum absolute atomic E-state index is 0.627. The third-order valence-electron chi connectivity index (χ3n) is 1.41. The van der Waals surface area contributed by atoms with Crippen molar-refractivity contribution < 1.29 is 4.73 Å². The smallest absolute Gasteiger partial charge is 0.375 e. The van der Waals surface area contributed by atoms with Crippen molar-refractivity contribution in [3.05, 3.63) is 35.8 Å². The monoisotopic (exact) mass is 133 g/mol. The Morgan fingerprint density at radius 3 is 3.00 bits per heavy atom. The van der Waals surface area contributed by atoms with E-state index in [9.17, 15) is 5.21 Å². The van der Waals surface area contributed by atoms with Gasteiger partial charge in [0.2, 0.25) is 0 Å². The number of aromatic nitrogens is 2. The molecule has 0 atom stereocenters. The number of nitrogens with one attached hydrogen (secondary N) is 1. The van der Waals surface area contributed by atoms with E-state index in [0.29, 0.717) is 10.2 Å². The summed E-state index contributed by atoms with van der Waals surface area (Å²) in [6, 6.07) is 7.26. The summed E-state index contributed by atoms with van der Waals surface area (Å²) in [6.45, 7) is 0. The lowest BCUT2D eigenvalue weighted by Gasteiger charge is -1.92. The van der Waals surface area contributed by atoms with E-state index >= 15 is 0 Å². The Kier molecular flexibility index (Phi) is 0.917. The van der Waals surface area contributed by atoms with Crippen LogP contribution in [0.25, 0.3) is 11.0 Å². The molecule has 0 aliphatic carbocycles. The van der Waals surface area contributed by atoms with Crippen molar-refractivity contribution in [3.8, 4) is 0 Å². The van der Waals surface area contributed by atoms with Crippen LogP contribution in [0.2, 0.25) is 0 Å². The average Bonchev–Trinajstić information content (AvgIpc) is 2.34. The fourth-order valence-electron chi connectivity index (χ4n) is 0.928. The molecule has 1 radical (unpaired) electrons. The van der Waals surface area contributed by atoms with Crippen LogP contribution in [-0.4, -0.2) is 4.98 Å². The number of aromatic amines is 1. The SMILES string of the molecule is [O-][n+]1[c][nH]c2ccccc21. The van der Waals surface area contributed by atoms with Crippen LogP contribution in [-0.2, 0) is 0 Å². The Hall–Kier alpha value is -1.51. The molecule has 49 valence electrons. The van der Waals surface area contributed by atoms with Crippen LogP contribution in [0.3, 0.4) is 0 Å². The summed E-state index contributed by atoms with van der Waals surface area (Å²) in [5, 5.41) is 10.8. The van der Waals surface area contributed by atoms with Gasteiger partial charge < -0.3 is 5.21 Å². The van der Waals surface area contributed by atoms with Gasteiger partial charge in [-0.1, -0.05) is 12.1 Å². The van der Waals surface area contributed by atoms with Crippen LogP contribution in [0.5, 0.6) is 0 Å². The average molecular weight is 133 g/mol. The fraction of sp³-hybridized carbons (Fsp3) is 0. The van der Waals surface area contributed by atoms with Crippen LogP contribution in [0.1, 0.15) is 0 Å². The Labute approximate surface area is 57.5 Å². The first-order valence-corrected chi connectivity index (χ1v) is 2.96. The third-order valence-corrected chi connectivity index (χ3v) is 1.41. The predicted molar refractivity (Wildman–Crippen MR) is 36.1 cm³/mol. The zero-order valence-corrected chi connectivity index (χ0v) is 5.16. The Morgan fingerprint density at radius 2 is 2.20 bits per heavy atom. The first kappa shape index (κ1) is 5.29. The molecule has 0 spiro atoms. The van der Waals surface area contributed by atoms with Gasteiger partial charge in [0.25, 0.3) is 0 Å². The highest BCUT2D eigenvalue weighted by Gasteiger charge is 2.01. The van der Waals surface area contributed by atoms with Crippen LogP contribution in [0.15, 0.2) is 24.3 Å². The molecule has 0 saturated heterocycles. The molecular weight excluding hydrogens is 128 g/mol. The molecule has 0 unspecified atom stereocenters. The highest BCUT2D eigenvalue weighted by Crippen LogP contribution is 2.03. The molecule has 2 aromatic rings. The molecule has 0 aliphatic rings. The van der Waals surface area contributed by atoms with Crippen molar-refractivity contribution in [2.75, 3.05) is 0 Å². The first-order chi connectivity index (χ1) is 4.88. The summed E-state index contributed by atoms with van der Waals surface area (Å²) in [7, 11) is 0. The maximum Gasteiger partial charge on any atom is 0.375 e. The zero-order valence-electron chi connectivity index (χ0n) is 5.16. The summed E-state index contributed by atoms with van der Waals surface area (Å²) < 4.78 is 0.690. The minimum atomic E-state index is 0.627. The van der Waals surface area contributed by atoms with Crippen molar-refractivity contribution in [2.24, 2.45) is 0 Å². The second-order valence-corrected chi connectivity index (χ2v) is 2.05. The Bertz CT molecular complexity index is 353. The van der Waals surface area contributed by atoms with E-state index in [1.807, 2.05) is 18.2 Å². The molecule has 3 heteroatoms. The van der Waals surface area contributed by atoms with Crippen molar-refractivity contribution in [1.82, 2.24) is 4.98 Å². The molecule has 0 fully saturated rings. The first-order valence-electron chi connectivity index (χ1n) is 2.96. The number of para-hydroxylation sites is 2. The molecular formula is C7H5N2O. The maximum absolute atomic E-state index is 10.8. The molecule has 2 rings (SSSR count). The Balaban J connectivity index is 2.93. The predicted octanol–water partition coefficient (Wildman–Crippen LogP) is 0.601. The van der Waals surface area contributed by atoms with Crippen molar-refractivity contribution in [1.29, 1.82) is 0 Å². The van der Waals surface area contributed by atoms with Gasteiger partial charge in [0, 0.05) is 0 Å². The number of nitrogens with zero attached hydrogens (tertiary/aromatic N) is 1. The summed E-state index contributed by atoms with van der Waals surface area (Å²) in [5.74, 6) is 0. The summed E-state index contributed by atoms with van der Waals surface area (Å²) >= 11 is 0. The fourth-order valence-corrected chi connectivity index (χ4v) is 0.928. The summed E-state index contributed by atoms with van der Waals surface area (Å²) in [5.41, 5.74) is 1.44. The Morgan fingerprint density at radius 1 is 1.40 bits per heavy atom. The number of benzene rings is 1. The van der Waals surface area contributed by atoms with Gasteiger partial charge in [-0.15, -0.1) is 0 Å². The molecule has 0 bridgehead atoms. The standard InChI is InChI=1S/C7H5N2O/c10-9-5-8-6-3-1-2-4-7(6)9/h1-4,8H. The largest absolute Gasteiger partial charge is 0.710 e. The molecule has 0 aliphatic heterocycles. The zero-order chi connectivity index (χ0) is 6.97. The molecule has 1 aromatic carbocycles. The van der Waals surface area contributed by atoms with E-state index in [4.69, 9.17) is 0 Å². The summed E-state index contributed by atoms with van der Waals surface area (Å²) in [4.78, 5) is 2.71. The second-order valence-electron chi connectivity index (χ2n) is 2.05. The third kappa shape index (κ3) is 0.572. The van der Waals surface area contributed by atoms with Gasteiger partial charge in [0.05, 0.1) is 0 Å². The van der Waals surface area contributed by atoms with Crippen molar-refractivity contribution >= 4 is 11.0 Å². The lowest BCUT2D eigenvalue weighted by Crippen LogP contribution is -2.22. The van der Waals surface area contributed by atoms with Crippen molar-refractivity contribution in [2.45, 2.75) is 0 Å². The number of H-pyrrole nitrogens is 1. The molecule has 1 N–H and O–H groups in total. The van der Waals surface area contributed by atoms with E-state index in [1.54, 1.807) is 6.07 Å². The van der Waals surface area contributed by atoms with Crippen LogP contribution in [0.4, 0.5) is 0 Å². The number of imidazole rings is 1. The van der Waals surface area contributed by atoms with E-state index in [0.717, 1.165) is 5.52 Å². The molecule has 3 nitrogen and oxygen atoms in total. The van der Waals surface area contributed by atoms with Gasteiger partial charge in [-0.3, -0.25) is 0 Å². The second kappa shape index (κ2) is 1.73. The lowest BCUT2D eigenvalue weighted by atomic mass is 10.3. The molecule has 10 heavy (non-hydrogen) atoms. The number of rotatable bonds is 0. The van der Waals surface area contributed by atoms with E-state index in [1.165, 1.54) is 0 Å². The van der Waals surface area contributed by atoms with E-state index in [2.05, 4.69) is 11.3 Å². The van der Waals surface area contributed by atoms with Gasteiger partial charge in [0.1, 0.15) is 0 Å². The quantitative estimate of drug-likeness (QED) is 0.415.